The Bertz CT molecular complexity index is 765. The predicted octanol–water partition coefficient (Wildman–Crippen LogP) is 2.74. The molecule has 8 heteroatoms. The Balaban J connectivity index is 0.00000341. The summed E-state index contributed by atoms with van der Waals surface area (Å²) in [6.07, 6.45) is 5.28. The second kappa shape index (κ2) is 11.7. The normalized spacial score (nSPS) is 17.0. The van der Waals surface area contributed by atoms with Gasteiger partial charge in [0.15, 0.2) is 5.96 Å². The fourth-order valence-corrected chi connectivity index (χ4v) is 4.58. The van der Waals surface area contributed by atoms with Gasteiger partial charge in [-0.05, 0) is 30.4 Å². The van der Waals surface area contributed by atoms with Gasteiger partial charge in [-0.2, -0.15) is 0 Å². The smallest absolute Gasteiger partial charge is 0.230 e. The number of nitrogens with zero attached hydrogens (tertiary/aromatic N) is 3. The minimum Gasteiger partial charge on any atom is -0.356 e. The lowest BCUT2D eigenvalue weighted by Gasteiger charge is -2.31. The molecule has 1 aliphatic heterocycles. The number of carbonyl (C=O) groups is 2. The minimum absolute atomic E-state index is 0. The van der Waals surface area contributed by atoms with Crippen molar-refractivity contribution in [3.05, 3.63) is 35.4 Å². The van der Waals surface area contributed by atoms with E-state index < -0.39 is 0 Å². The molecule has 0 atom stereocenters. The van der Waals surface area contributed by atoms with Gasteiger partial charge < -0.3 is 20.4 Å². The number of amides is 2. The molecule has 2 N–H and O–H groups in total. The third kappa shape index (κ3) is 6.33. The van der Waals surface area contributed by atoms with Gasteiger partial charge in [-0.3, -0.25) is 14.6 Å². The van der Waals surface area contributed by atoms with Crippen molar-refractivity contribution in [2.75, 3.05) is 34.2 Å². The van der Waals surface area contributed by atoms with E-state index in [1.165, 1.54) is 11.1 Å². The molecule has 0 saturated heterocycles. The van der Waals surface area contributed by atoms with Crippen molar-refractivity contribution in [1.29, 1.82) is 0 Å². The zero-order chi connectivity index (χ0) is 21.6. The summed E-state index contributed by atoms with van der Waals surface area (Å²) >= 11 is 0. The monoisotopic (exact) mass is 541 g/mol. The molecule has 1 aromatic carbocycles. The van der Waals surface area contributed by atoms with Gasteiger partial charge in [0.2, 0.25) is 11.8 Å². The predicted molar refractivity (Wildman–Crippen MR) is 134 cm³/mol. The first-order chi connectivity index (χ1) is 14.4. The molecule has 7 nitrogen and oxygen atoms in total. The molecule has 0 spiro atoms. The van der Waals surface area contributed by atoms with Gasteiger partial charge in [0.25, 0.3) is 0 Å². The fourth-order valence-electron chi connectivity index (χ4n) is 4.58. The second-order valence-electron chi connectivity index (χ2n) is 8.66. The number of fused-ring (bicyclic) bond motifs is 1. The Morgan fingerprint density at radius 2 is 1.71 bits per heavy atom. The molecule has 1 saturated carbocycles. The summed E-state index contributed by atoms with van der Waals surface area (Å²) in [5, 5.41) is 6.62. The van der Waals surface area contributed by atoms with Crippen molar-refractivity contribution in [1.82, 2.24) is 20.4 Å². The van der Waals surface area contributed by atoms with E-state index >= 15 is 0 Å². The summed E-state index contributed by atoms with van der Waals surface area (Å²) in [6, 6.07) is 8.24. The van der Waals surface area contributed by atoms with E-state index in [4.69, 9.17) is 0 Å². The third-order valence-corrected chi connectivity index (χ3v) is 6.29. The number of hydrogen-bond acceptors (Lipinski definition) is 3. The van der Waals surface area contributed by atoms with E-state index in [1.54, 1.807) is 11.9 Å². The summed E-state index contributed by atoms with van der Waals surface area (Å²) in [7, 11) is 5.38. The highest BCUT2D eigenvalue weighted by atomic mass is 127. The number of aliphatic imine (C=N–C) groups is 1. The molecule has 0 unspecified atom stereocenters. The van der Waals surface area contributed by atoms with Crippen LogP contribution in [0.25, 0.3) is 0 Å². The average molecular weight is 541 g/mol. The molecule has 2 amide bonds. The summed E-state index contributed by atoms with van der Waals surface area (Å²) < 4.78 is 0. The summed E-state index contributed by atoms with van der Waals surface area (Å²) in [5.41, 5.74) is 2.17. The molecular formula is C23H36IN5O2. The SMILES string of the molecule is CN=C(NCCCC(=O)N1Cc2ccccc2C1)NCC1(C(=O)N(C)C)CCCC1.I. The van der Waals surface area contributed by atoms with Gasteiger partial charge in [0.1, 0.15) is 0 Å². The molecule has 1 aliphatic carbocycles. The van der Waals surface area contributed by atoms with E-state index in [0.29, 0.717) is 38.6 Å². The number of carbonyl (C=O) groups excluding carboxylic acids is 2. The maximum atomic E-state index is 12.7. The first-order valence-electron chi connectivity index (χ1n) is 11.0. The zero-order valence-electron chi connectivity index (χ0n) is 18.9. The van der Waals surface area contributed by atoms with Gasteiger partial charge in [0.05, 0.1) is 5.41 Å². The summed E-state index contributed by atoms with van der Waals surface area (Å²) in [4.78, 5) is 33.1. The largest absolute Gasteiger partial charge is 0.356 e. The van der Waals surface area contributed by atoms with Crippen LogP contribution in [0.5, 0.6) is 0 Å². The number of benzene rings is 1. The Labute approximate surface area is 203 Å². The third-order valence-electron chi connectivity index (χ3n) is 6.29. The van der Waals surface area contributed by atoms with E-state index in [0.717, 1.165) is 32.1 Å². The first kappa shape index (κ1) is 25.4. The van der Waals surface area contributed by atoms with Crippen LogP contribution in [0.2, 0.25) is 0 Å². The lowest BCUT2D eigenvalue weighted by atomic mass is 9.84. The van der Waals surface area contributed by atoms with Crippen LogP contribution in [0, 0.1) is 5.41 Å². The van der Waals surface area contributed by atoms with E-state index in [-0.39, 0.29) is 41.2 Å². The number of guanidine groups is 1. The van der Waals surface area contributed by atoms with Crippen molar-refractivity contribution in [3.8, 4) is 0 Å². The second-order valence-corrected chi connectivity index (χ2v) is 8.66. The maximum absolute atomic E-state index is 12.7. The fraction of sp³-hybridized carbons (Fsp3) is 0.609. The quantitative estimate of drug-likeness (QED) is 0.241. The Kier molecular flexibility index (Phi) is 9.58. The van der Waals surface area contributed by atoms with Crippen LogP contribution in [0.15, 0.2) is 29.3 Å². The summed E-state index contributed by atoms with van der Waals surface area (Å²) in [6.45, 7) is 2.69. The van der Waals surface area contributed by atoms with Gasteiger partial charge in [-0.15, -0.1) is 24.0 Å². The Hall–Kier alpha value is -1.84. The molecule has 0 aromatic heterocycles. The molecule has 31 heavy (non-hydrogen) atoms. The van der Waals surface area contributed by atoms with Crippen molar-refractivity contribution >= 4 is 41.8 Å². The van der Waals surface area contributed by atoms with Crippen LogP contribution < -0.4 is 10.6 Å². The van der Waals surface area contributed by atoms with Crippen LogP contribution in [0.3, 0.4) is 0 Å². The number of rotatable bonds is 7. The van der Waals surface area contributed by atoms with Crippen molar-refractivity contribution < 1.29 is 9.59 Å². The molecule has 1 fully saturated rings. The average Bonchev–Trinajstić information content (AvgIpc) is 3.40. The molecule has 0 bridgehead atoms. The van der Waals surface area contributed by atoms with Crippen molar-refractivity contribution in [2.24, 2.45) is 10.4 Å². The number of halogens is 1. The number of hydrogen-bond donors (Lipinski definition) is 2. The first-order valence-corrected chi connectivity index (χ1v) is 11.0. The minimum atomic E-state index is -0.332. The van der Waals surface area contributed by atoms with Crippen LogP contribution in [0.1, 0.15) is 49.7 Å². The van der Waals surface area contributed by atoms with E-state index in [2.05, 4.69) is 27.8 Å². The highest BCUT2D eigenvalue weighted by molar-refractivity contribution is 14.0. The molecule has 3 rings (SSSR count). The van der Waals surface area contributed by atoms with Crippen LogP contribution >= 0.6 is 24.0 Å². The molecule has 1 aromatic rings. The van der Waals surface area contributed by atoms with Gasteiger partial charge in [0, 0.05) is 53.7 Å². The van der Waals surface area contributed by atoms with Crippen molar-refractivity contribution in [3.63, 3.8) is 0 Å². The summed E-state index contributed by atoms with van der Waals surface area (Å²) in [5.74, 6) is 1.08. The van der Waals surface area contributed by atoms with E-state index in [1.807, 2.05) is 31.1 Å². The molecule has 1 heterocycles. The van der Waals surface area contributed by atoms with E-state index in [9.17, 15) is 9.59 Å². The van der Waals surface area contributed by atoms with Crippen molar-refractivity contribution in [2.45, 2.75) is 51.6 Å². The highest BCUT2D eigenvalue weighted by Crippen LogP contribution is 2.38. The molecule has 2 aliphatic rings. The Morgan fingerprint density at radius 3 is 2.26 bits per heavy atom. The van der Waals surface area contributed by atoms with Crippen LogP contribution in [-0.2, 0) is 22.7 Å². The Morgan fingerprint density at radius 1 is 1.10 bits per heavy atom. The lowest BCUT2D eigenvalue weighted by Crippen LogP contribution is -2.49. The molecule has 0 radical (unpaired) electrons. The molecule has 172 valence electrons. The number of nitrogens with one attached hydrogen (secondary N) is 2. The zero-order valence-corrected chi connectivity index (χ0v) is 21.3. The van der Waals surface area contributed by atoms with Crippen LogP contribution in [0.4, 0.5) is 0 Å². The van der Waals surface area contributed by atoms with Crippen LogP contribution in [-0.4, -0.2) is 61.8 Å². The van der Waals surface area contributed by atoms with Gasteiger partial charge >= 0.3 is 0 Å². The van der Waals surface area contributed by atoms with Gasteiger partial charge in [-0.1, -0.05) is 37.1 Å². The topological polar surface area (TPSA) is 77.0 Å². The maximum Gasteiger partial charge on any atom is 0.230 e. The van der Waals surface area contributed by atoms with Gasteiger partial charge in [-0.25, -0.2) is 0 Å². The standard InChI is InChI=1S/C23H35N5O2.HI/c1-24-22(26-17-23(12-6-7-13-23)21(30)27(2)3)25-14-8-11-20(29)28-15-18-9-4-5-10-19(18)16-28;/h4-5,9-10H,6-8,11-17H2,1-3H3,(H2,24,25,26);1H. The lowest BCUT2D eigenvalue weighted by molar-refractivity contribution is -0.139. The highest BCUT2D eigenvalue weighted by Gasteiger charge is 2.42. The molecular weight excluding hydrogens is 505 g/mol.